The summed E-state index contributed by atoms with van der Waals surface area (Å²) in [6.07, 6.45) is 2.11. The van der Waals surface area contributed by atoms with E-state index < -0.39 is 0 Å². The molecule has 1 amide bonds. The first kappa shape index (κ1) is 22.1. The molecule has 0 bridgehead atoms. The molecule has 0 spiro atoms. The van der Waals surface area contributed by atoms with Crippen molar-refractivity contribution in [2.45, 2.75) is 19.9 Å². The zero-order valence-electron chi connectivity index (χ0n) is 19.8. The number of aromatic nitrogens is 5. The second-order valence-electron chi connectivity index (χ2n) is 8.82. The summed E-state index contributed by atoms with van der Waals surface area (Å²) in [7, 11) is 0. The van der Waals surface area contributed by atoms with Gasteiger partial charge in [0.1, 0.15) is 12.6 Å². The van der Waals surface area contributed by atoms with Gasteiger partial charge in [0.2, 0.25) is 5.91 Å². The smallest absolute Gasteiger partial charge is 0.251 e. The maximum atomic E-state index is 13.2. The van der Waals surface area contributed by atoms with E-state index in [1.54, 1.807) is 4.68 Å². The van der Waals surface area contributed by atoms with Gasteiger partial charge in [-0.1, -0.05) is 88.2 Å². The number of carbonyl (C=O) groups excluding carboxylic acids is 1. The van der Waals surface area contributed by atoms with Crippen molar-refractivity contribution in [3.63, 3.8) is 0 Å². The van der Waals surface area contributed by atoms with Gasteiger partial charge in [0, 0.05) is 0 Å². The number of nitrogens with one attached hydrogen (secondary N) is 1. The van der Waals surface area contributed by atoms with E-state index in [2.05, 4.69) is 94.3 Å². The van der Waals surface area contributed by atoms with Crippen LogP contribution in [0.2, 0.25) is 0 Å². The zero-order chi connectivity index (χ0) is 24.6. The van der Waals surface area contributed by atoms with Crippen LogP contribution in [0.25, 0.3) is 15.9 Å². The predicted octanol–water partition coefficient (Wildman–Crippen LogP) is 4.99. The Morgan fingerprint density at radius 2 is 1.69 bits per heavy atom. The third kappa shape index (κ3) is 4.14. The molecule has 8 nitrogen and oxygen atoms in total. The van der Waals surface area contributed by atoms with E-state index in [-0.39, 0.29) is 18.5 Å². The Balaban J connectivity index is 1.37. The normalized spacial score (nSPS) is 15.0. The van der Waals surface area contributed by atoms with Crippen LogP contribution in [-0.2, 0) is 4.79 Å². The van der Waals surface area contributed by atoms with Gasteiger partial charge in [-0.15, -0.1) is 0 Å². The van der Waals surface area contributed by atoms with Gasteiger partial charge in [0.15, 0.2) is 5.13 Å². The molecule has 1 N–H and O–H groups in total. The Labute approximate surface area is 211 Å². The molecule has 6 rings (SSSR count). The van der Waals surface area contributed by atoms with Gasteiger partial charge in [0.05, 0.1) is 15.9 Å². The molecule has 3 heterocycles. The van der Waals surface area contributed by atoms with Crippen molar-refractivity contribution in [2.24, 2.45) is 0 Å². The first-order valence-corrected chi connectivity index (χ1v) is 12.4. The molecule has 1 aliphatic rings. The number of para-hydroxylation sites is 1. The number of anilines is 2. The number of thiazole rings is 1. The molecule has 178 valence electrons. The van der Waals surface area contributed by atoms with E-state index in [9.17, 15) is 4.79 Å². The standard InChI is InChI=1S/C27H23N7OS/c1-17-7-11-19(12-8-17)22-15-23(20-13-9-18(2)10-14-20)34-27(30-31-32-34)33(22)16-25(35)29-26-28-21-5-3-4-6-24(21)36-26/h3-15,23H,16H2,1-2H3,(H,28,29,35)/t23-/m1/s1. The average molecular weight is 494 g/mol. The van der Waals surface area contributed by atoms with Crippen LogP contribution in [0.3, 0.4) is 0 Å². The summed E-state index contributed by atoms with van der Waals surface area (Å²) in [5.41, 5.74) is 6.14. The number of aryl methyl sites for hydroxylation is 2. The Morgan fingerprint density at radius 3 is 2.44 bits per heavy atom. The predicted molar refractivity (Wildman–Crippen MR) is 142 cm³/mol. The summed E-state index contributed by atoms with van der Waals surface area (Å²) in [4.78, 5) is 19.6. The number of hydrogen-bond acceptors (Lipinski definition) is 7. The number of fused-ring (bicyclic) bond motifs is 2. The van der Waals surface area contributed by atoms with Gasteiger partial charge >= 0.3 is 0 Å². The van der Waals surface area contributed by atoms with E-state index in [0.29, 0.717) is 11.1 Å². The van der Waals surface area contributed by atoms with Crippen molar-refractivity contribution in [2.75, 3.05) is 16.8 Å². The van der Waals surface area contributed by atoms with Crippen molar-refractivity contribution in [3.8, 4) is 0 Å². The van der Waals surface area contributed by atoms with Crippen LogP contribution in [0.1, 0.15) is 28.3 Å². The summed E-state index contributed by atoms with van der Waals surface area (Å²) in [6.45, 7) is 4.15. The van der Waals surface area contributed by atoms with Crippen molar-refractivity contribution in [1.82, 2.24) is 25.2 Å². The van der Waals surface area contributed by atoms with Gasteiger partial charge < -0.3 is 5.32 Å². The van der Waals surface area contributed by atoms with E-state index in [1.165, 1.54) is 16.9 Å². The lowest BCUT2D eigenvalue weighted by molar-refractivity contribution is -0.114. The molecule has 3 aromatic carbocycles. The molecule has 0 fully saturated rings. The molecule has 36 heavy (non-hydrogen) atoms. The maximum Gasteiger partial charge on any atom is 0.251 e. The van der Waals surface area contributed by atoms with Gasteiger partial charge in [0.25, 0.3) is 5.95 Å². The largest absolute Gasteiger partial charge is 0.300 e. The minimum absolute atomic E-state index is 0.0383. The second-order valence-corrected chi connectivity index (χ2v) is 9.85. The molecule has 0 saturated heterocycles. The molecule has 9 heteroatoms. The fourth-order valence-corrected chi connectivity index (χ4v) is 5.21. The first-order valence-electron chi connectivity index (χ1n) is 11.6. The highest BCUT2D eigenvalue weighted by atomic mass is 32.1. The molecule has 1 atom stereocenters. The van der Waals surface area contributed by atoms with Crippen LogP contribution in [0, 0.1) is 13.8 Å². The lowest BCUT2D eigenvalue weighted by Crippen LogP contribution is -2.37. The minimum atomic E-state index is -0.199. The van der Waals surface area contributed by atoms with Crippen molar-refractivity contribution < 1.29 is 4.79 Å². The Morgan fingerprint density at radius 1 is 0.972 bits per heavy atom. The Kier molecular flexibility index (Phi) is 5.54. The fourth-order valence-electron chi connectivity index (χ4n) is 4.33. The number of tetrazole rings is 1. The molecule has 0 aliphatic carbocycles. The van der Waals surface area contributed by atoms with Gasteiger partial charge in [-0.05, 0) is 53.6 Å². The molecule has 0 unspecified atom stereocenters. The third-order valence-electron chi connectivity index (χ3n) is 6.20. The van der Waals surface area contributed by atoms with Crippen LogP contribution >= 0.6 is 11.3 Å². The quantitative estimate of drug-likeness (QED) is 0.371. The second kappa shape index (κ2) is 9.01. The highest BCUT2D eigenvalue weighted by Gasteiger charge is 2.32. The number of carbonyl (C=O) groups is 1. The number of nitrogens with zero attached hydrogens (tertiary/aromatic N) is 6. The van der Waals surface area contributed by atoms with Crippen LogP contribution in [0.15, 0.2) is 78.9 Å². The number of amides is 1. The van der Waals surface area contributed by atoms with Crippen molar-refractivity contribution in [3.05, 3.63) is 101 Å². The monoisotopic (exact) mass is 493 g/mol. The molecular formula is C27H23N7OS. The summed E-state index contributed by atoms with van der Waals surface area (Å²) in [5.74, 6) is 0.313. The zero-order valence-corrected chi connectivity index (χ0v) is 20.6. The lowest BCUT2D eigenvalue weighted by Gasteiger charge is -2.32. The molecule has 1 aliphatic heterocycles. The van der Waals surface area contributed by atoms with Crippen LogP contribution in [0.4, 0.5) is 11.1 Å². The minimum Gasteiger partial charge on any atom is -0.300 e. The third-order valence-corrected chi connectivity index (χ3v) is 7.15. The highest BCUT2D eigenvalue weighted by molar-refractivity contribution is 7.22. The first-order chi connectivity index (χ1) is 17.5. The number of rotatable bonds is 5. The van der Waals surface area contributed by atoms with Crippen LogP contribution in [0.5, 0.6) is 0 Å². The van der Waals surface area contributed by atoms with Crippen molar-refractivity contribution in [1.29, 1.82) is 0 Å². The Hall–Kier alpha value is -4.37. The highest BCUT2D eigenvalue weighted by Crippen LogP contribution is 2.36. The maximum absolute atomic E-state index is 13.2. The molecular weight excluding hydrogens is 470 g/mol. The number of hydrogen-bond donors (Lipinski definition) is 1. The van der Waals surface area contributed by atoms with Gasteiger partial charge in [-0.3, -0.25) is 9.69 Å². The van der Waals surface area contributed by atoms with E-state index >= 15 is 0 Å². The summed E-state index contributed by atoms with van der Waals surface area (Å²) in [6, 6.07) is 24.2. The van der Waals surface area contributed by atoms with Gasteiger partial charge in [-0.2, -0.15) is 4.68 Å². The Bertz CT molecular complexity index is 1550. The lowest BCUT2D eigenvalue weighted by atomic mass is 9.99. The molecule has 0 saturated carbocycles. The molecule has 5 aromatic rings. The molecule has 0 radical (unpaired) electrons. The van der Waals surface area contributed by atoms with E-state index in [1.807, 2.05) is 29.2 Å². The van der Waals surface area contributed by atoms with E-state index in [0.717, 1.165) is 32.6 Å². The van der Waals surface area contributed by atoms with E-state index in [4.69, 9.17) is 0 Å². The number of allylic oxidation sites excluding steroid dienone is 1. The van der Waals surface area contributed by atoms with Gasteiger partial charge in [-0.25, -0.2) is 4.98 Å². The van der Waals surface area contributed by atoms with Crippen LogP contribution < -0.4 is 10.2 Å². The molecule has 2 aromatic heterocycles. The SMILES string of the molecule is Cc1ccc(C2=C[C@H](c3ccc(C)cc3)n3nnnc3N2CC(=O)Nc2nc3ccccc3s2)cc1. The fraction of sp³-hybridized carbons (Fsp3) is 0.148. The van der Waals surface area contributed by atoms with Crippen LogP contribution in [-0.4, -0.2) is 37.6 Å². The summed E-state index contributed by atoms with van der Waals surface area (Å²) in [5, 5.41) is 16.1. The van der Waals surface area contributed by atoms with Crippen molar-refractivity contribution >= 4 is 44.2 Å². The topological polar surface area (TPSA) is 88.8 Å². The summed E-state index contributed by atoms with van der Waals surface area (Å²) < 4.78 is 2.78. The number of benzene rings is 3. The average Bonchev–Trinajstić information content (AvgIpc) is 3.52. The summed E-state index contributed by atoms with van der Waals surface area (Å²) >= 11 is 1.45.